The number of aromatic amines is 1. The first-order valence-corrected chi connectivity index (χ1v) is 7.28. The average molecular weight is 255 g/mol. The van der Waals surface area contributed by atoms with E-state index in [1.54, 1.807) is 0 Å². The molecular weight excluding hydrogens is 234 g/mol. The van der Waals surface area contributed by atoms with Gasteiger partial charge >= 0.3 is 4.87 Å². The van der Waals surface area contributed by atoms with Crippen LogP contribution in [0.2, 0.25) is 0 Å². The Morgan fingerprint density at radius 1 is 1.53 bits per heavy atom. The molecule has 0 amide bonds. The molecule has 2 N–H and O–H groups in total. The summed E-state index contributed by atoms with van der Waals surface area (Å²) >= 11 is 1.25. The Hall–Kier alpha value is -0.650. The van der Waals surface area contributed by atoms with Crippen LogP contribution in [0.1, 0.15) is 31.9 Å². The number of nitrogens with one attached hydrogen (secondary N) is 2. The monoisotopic (exact) mass is 255 g/mol. The summed E-state index contributed by atoms with van der Waals surface area (Å²) in [5, 5.41) is 5.51. The highest BCUT2D eigenvalue weighted by Gasteiger charge is 2.18. The molecule has 1 aromatic heterocycles. The van der Waals surface area contributed by atoms with E-state index in [1.165, 1.54) is 30.6 Å². The van der Waals surface area contributed by atoms with Crippen LogP contribution in [0.4, 0.5) is 0 Å². The van der Waals surface area contributed by atoms with Gasteiger partial charge in [0.25, 0.3) is 0 Å². The molecule has 0 aliphatic carbocycles. The zero-order chi connectivity index (χ0) is 12.1. The number of hydrogen-bond acceptors (Lipinski definition) is 4. The van der Waals surface area contributed by atoms with Crippen molar-refractivity contribution in [2.45, 2.75) is 38.8 Å². The Balaban J connectivity index is 1.73. The smallest absolute Gasteiger partial charge is 0.304 e. The van der Waals surface area contributed by atoms with Crippen molar-refractivity contribution in [3.05, 3.63) is 20.7 Å². The summed E-state index contributed by atoms with van der Waals surface area (Å²) in [6, 6.07) is 0.688. The second-order valence-electron chi connectivity index (χ2n) is 4.68. The first-order valence-electron chi connectivity index (χ1n) is 6.40. The van der Waals surface area contributed by atoms with Gasteiger partial charge in [-0.2, -0.15) is 0 Å². The molecule has 0 aromatic carbocycles. The fourth-order valence-corrected chi connectivity index (χ4v) is 2.85. The molecule has 2 rings (SSSR count). The van der Waals surface area contributed by atoms with E-state index in [4.69, 9.17) is 0 Å². The minimum atomic E-state index is 0.0551. The number of likely N-dealkylation sites (tertiary alicyclic amines) is 1. The highest BCUT2D eigenvalue weighted by atomic mass is 32.1. The molecule has 0 bridgehead atoms. The molecule has 1 saturated heterocycles. The highest BCUT2D eigenvalue weighted by Crippen LogP contribution is 2.13. The van der Waals surface area contributed by atoms with Crippen LogP contribution in [0.25, 0.3) is 0 Å². The quantitative estimate of drug-likeness (QED) is 0.836. The SMILES string of the molecule is CCCNC1CCN(Cc2csc(=O)[nH]2)CC1. The predicted octanol–water partition coefficient (Wildman–Crippen LogP) is 1.40. The largest absolute Gasteiger partial charge is 0.315 e. The van der Waals surface area contributed by atoms with Crippen LogP contribution in [-0.2, 0) is 6.54 Å². The molecule has 17 heavy (non-hydrogen) atoms. The van der Waals surface area contributed by atoms with E-state index in [9.17, 15) is 4.79 Å². The third-order valence-corrected chi connectivity index (χ3v) is 3.95. The molecule has 5 heteroatoms. The van der Waals surface area contributed by atoms with Crippen LogP contribution in [0.15, 0.2) is 10.2 Å². The van der Waals surface area contributed by atoms with Crippen LogP contribution in [0.5, 0.6) is 0 Å². The summed E-state index contributed by atoms with van der Waals surface area (Å²) in [4.78, 5) is 16.4. The Bertz CT molecular complexity index is 379. The van der Waals surface area contributed by atoms with E-state index < -0.39 is 0 Å². The zero-order valence-electron chi connectivity index (χ0n) is 10.4. The van der Waals surface area contributed by atoms with Gasteiger partial charge in [-0.25, -0.2) is 0 Å². The molecule has 1 fully saturated rings. The summed E-state index contributed by atoms with van der Waals surface area (Å²) in [5.74, 6) is 0. The lowest BCUT2D eigenvalue weighted by Crippen LogP contribution is -2.42. The van der Waals surface area contributed by atoms with Gasteiger partial charge in [0.1, 0.15) is 0 Å². The Morgan fingerprint density at radius 2 is 2.29 bits per heavy atom. The predicted molar refractivity (Wildman–Crippen MR) is 71.5 cm³/mol. The number of piperidine rings is 1. The molecule has 1 aliphatic heterocycles. The minimum Gasteiger partial charge on any atom is -0.315 e. The van der Waals surface area contributed by atoms with E-state index in [1.807, 2.05) is 5.38 Å². The van der Waals surface area contributed by atoms with Crippen LogP contribution in [0, 0.1) is 0 Å². The van der Waals surface area contributed by atoms with Crippen molar-refractivity contribution in [2.24, 2.45) is 0 Å². The number of H-pyrrole nitrogens is 1. The maximum Gasteiger partial charge on any atom is 0.304 e. The van der Waals surface area contributed by atoms with Crippen molar-refractivity contribution < 1.29 is 0 Å². The molecule has 0 spiro atoms. The number of thiazole rings is 1. The van der Waals surface area contributed by atoms with E-state index >= 15 is 0 Å². The fourth-order valence-electron chi connectivity index (χ4n) is 2.28. The maximum atomic E-state index is 11.0. The van der Waals surface area contributed by atoms with E-state index in [0.717, 1.165) is 31.9 Å². The molecule has 4 nitrogen and oxygen atoms in total. The van der Waals surface area contributed by atoms with Gasteiger partial charge in [-0.3, -0.25) is 9.69 Å². The van der Waals surface area contributed by atoms with Gasteiger partial charge in [-0.05, 0) is 25.8 Å². The van der Waals surface area contributed by atoms with Crippen LogP contribution >= 0.6 is 11.3 Å². The normalized spacial score (nSPS) is 18.6. The first kappa shape index (κ1) is 12.8. The molecule has 1 aliphatic rings. The molecule has 2 heterocycles. The zero-order valence-corrected chi connectivity index (χ0v) is 11.2. The molecule has 0 radical (unpaired) electrons. The lowest BCUT2D eigenvalue weighted by atomic mass is 10.0. The first-order chi connectivity index (χ1) is 8.28. The molecular formula is C12H21N3OS. The summed E-state index contributed by atoms with van der Waals surface area (Å²) in [5.41, 5.74) is 1.06. The summed E-state index contributed by atoms with van der Waals surface area (Å²) in [6.07, 6.45) is 3.64. The second-order valence-corrected chi connectivity index (χ2v) is 5.52. The molecule has 0 unspecified atom stereocenters. The number of aromatic nitrogens is 1. The van der Waals surface area contributed by atoms with Crippen molar-refractivity contribution in [2.75, 3.05) is 19.6 Å². The van der Waals surface area contributed by atoms with Crippen LogP contribution < -0.4 is 10.2 Å². The Morgan fingerprint density at radius 3 is 2.88 bits per heavy atom. The summed E-state index contributed by atoms with van der Waals surface area (Å²) in [7, 11) is 0. The standard InChI is InChI=1S/C12H21N3OS/c1-2-5-13-10-3-6-15(7-4-10)8-11-9-17-12(16)14-11/h9-10,13H,2-8H2,1H3,(H,14,16). The van der Waals surface area contributed by atoms with Gasteiger partial charge < -0.3 is 10.3 Å². The average Bonchev–Trinajstić information content (AvgIpc) is 2.74. The third-order valence-electron chi connectivity index (χ3n) is 3.24. The number of rotatable bonds is 5. The van der Waals surface area contributed by atoms with Crippen molar-refractivity contribution in [1.82, 2.24) is 15.2 Å². The van der Waals surface area contributed by atoms with Crippen molar-refractivity contribution in [3.8, 4) is 0 Å². The summed E-state index contributed by atoms with van der Waals surface area (Å²) < 4.78 is 0. The van der Waals surface area contributed by atoms with Crippen molar-refractivity contribution in [1.29, 1.82) is 0 Å². The van der Waals surface area contributed by atoms with Crippen molar-refractivity contribution >= 4 is 11.3 Å². The lowest BCUT2D eigenvalue weighted by Gasteiger charge is -2.32. The van der Waals surface area contributed by atoms with Gasteiger partial charge in [-0.1, -0.05) is 18.3 Å². The molecule has 1 aromatic rings. The Labute approximate surface area is 106 Å². The van der Waals surface area contributed by atoms with Gasteiger partial charge in [-0.15, -0.1) is 0 Å². The summed E-state index contributed by atoms with van der Waals surface area (Å²) in [6.45, 7) is 6.47. The van der Waals surface area contributed by atoms with Gasteiger partial charge in [0.05, 0.1) is 0 Å². The van der Waals surface area contributed by atoms with Crippen LogP contribution in [-0.4, -0.2) is 35.6 Å². The van der Waals surface area contributed by atoms with E-state index in [2.05, 4.69) is 22.1 Å². The topological polar surface area (TPSA) is 48.1 Å². The molecule has 0 atom stereocenters. The Kier molecular flexibility index (Phi) is 4.76. The van der Waals surface area contributed by atoms with Crippen LogP contribution in [0.3, 0.4) is 0 Å². The van der Waals surface area contributed by atoms with Gasteiger partial charge in [0, 0.05) is 36.8 Å². The van der Waals surface area contributed by atoms with E-state index in [-0.39, 0.29) is 4.87 Å². The number of nitrogens with zero attached hydrogens (tertiary/aromatic N) is 1. The fraction of sp³-hybridized carbons (Fsp3) is 0.750. The highest BCUT2D eigenvalue weighted by molar-refractivity contribution is 7.07. The van der Waals surface area contributed by atoms with Crippen molar-refractivity contribution in [3.63, 3.8) is 0 Å². The lowest BCUT2D eigenvalue weighted by molar-refractivity contribution is 0.189. The van der Waals surface area contributed by atoms with Gasteiger partial charge in [0.2, 0.25) is 0 Å². The van der Waals surface area contributed by atoms with E-state index in [0.29, 0.717) is 6.04 Å². The second kappa shape index (κ2) is 6.33. The number of hydrogen-bond donors (Lipinski definition) is 2. The third kappa shape index (κ3) is 3.94. The molecule has 0 saturated carbocycles. The molecule has 96 valence electrons. The maximum absolute atomic E-state index is 11.0. The minimum absolute atomic E-state index is 0.0551. The van der Waals surface area contributed by atoms with Gasteiger partial charge in [0.15, 0.2) is 0 Å².